The van der Waals surface area contributed by atoms with E-state index in [1.54, 1.807) is 7.11 Å². The number of nitrogens with zero attached hydrogens (tertiary/aromatic N) is 1. The van der Waals surface area contributed by atoms with Crippen LogP contribution in [0.4, 0.5) is 0 Å². The fourth-order valence-corrected chi connectivity index (χ4v) is 6.33. The van der Waals surface area contributed by atoms with Crippen LogP contribution in [0.1, 0.15) is 97.8 Å². The van der Waals surface area contributed by atoms with Crippen LogP contribution in [0.3, 0.4) is 0 Å². The Morgan fingerprint density at radius 1 is 1.26 bits per heavy atom. The molecule has 1 saturated heterocycles. The van der Waals surface area contributed by atoms with Gasteiger partial charge in [-0.1, -0.05) is 75.3 Å². The van der Waals surface area contributed by atoms with Gasteiger partial charge in [-0.15, -0.1) is 12.5 Å². The van der Waals surface area contributed by atoms with Crippen molar-refractivity contribution in [3.8, 4) is 11.8 Å². The summed E-state index contributed by atoms with van der Waals surface area (Å²) in [5.41, 5.74) is 4.60. The van der Waals surface area contributed by atoms with Gasteiger partial charge in [0, 0.05) is 31.0 Å². The summed E-state index contributed by atoms with van der Waals surface area (Å²) in [7, 11) is 1.69. The van der Waals surface area contributed by atoms with E-state index in [0.29, 0.717) is 12.5 Å². The Labute approximate surface area is 233 Å². The number of aliphatic hydroxyl groups excluding tert-OH is 1. The lowest BCUT2D eigenvalue weighted by Gasteiger charge is -2.33. The highest BCUT2D eigenvalue weighted by molar-refractivity contribution is 5.47. The molecule has 2 N–H and O–H groups in total. The zero-order valence-electron chi connectivity index (χ0n) is 24.5. The summed E-state index contributed by atoms with van der Waals surface area (Å²) in [6.07, 6.45) is 21.1. The zero-order chi connectivity index (χ0) is 27.5. The molecule has 0 spiro atoms. The summed E-state index contributed by atoms with van der Waals surface area (Å²) in [5, 5.41) is 15.1. The van der Waals surface area contributed by atoms with E-state index in [-0.39, 0.29) is 17.5 Å². The first kappa shape index (κ1) is 30.3. The van der Waals surface area contributed by atoms with Crippen LogP contribution in [-0.2, 0) is 4.74 Å². The molecule has 4 nitrogen and oxygen atoms in total. The van der Waals surface area contributed by atoms with Crippen molar-refractivity contribution < 1.29 is 9.84 Å². The number of ether oxygens (including phenoxy) is 1. The summed E-state index contributed by atoms with van der Waals surface area (Å²) in [4.78, 5) is 2.46. The number of hydrogen-bond acceptors (Lipinski definition) is 4. The highest BCUT2D eigenvalue weighted by Crippen LogP contribution is 2.53. The summed E-state index contributed by atoms with van der Waals surface area (Å²) in [6.45, 7) is 15.7. The van der Waals surface area contributed by atoms with Crippen LogP contribution in [0.5, 0.6) is 0 Å². The van der Waals surface area contributed by atoms with Gasteiger partial charge in [0.15, 0.2) is 0 Å². The average molecular weight is 521 g/mol. The third kappa shape index (κ3) is 7.67. The lowest BCUT2D eigenvalue weighted by Crippen LogP contribution is -2.45. The van der Waals surface area contributed by atoms with Gasteiger partial charge >= 0.3 is 0 Å². The lowest BCUT2D eigenvalue weighted by molar-refractivity contribution is 0.0810. The van der Waals surface area contributed by atoms with Gasteiger partial charge in [0.05, 0.1) is 12.5 Å². The molecule has 1 heterocycles. The minimum Gasteiger partial charge on any atom is -0.380 e. The van der Waals surface area contributed by atoms with E-state index in [4.69, 9.17) is 4.74 Å². The highest BCUT2D eigenvalue weighted by atomic mass is 16.5. The Morgan fingerprint density at radius 3 is 2.55 bits per heavy atom. The van der Waals surface area contributed by atoms with Crippen LogP contribution >= 0.6 is 0 Å². The Hall–Kier alpha value is -2.22. The van der Waals surface area contributed by atoms with Crippen molar-refractivity contribution >= 4 is 0 Å². The van der Waals surface area contributed by atoms with E-state index < -0.39 is 6.23 Å². The quantitative estimate of drug-likeness (QED) is 0.0925. The number of hydrogen-bond donors (Lipinski definition) is 2. The van der Waals surface area contributed by atoms with Crippen molar-refractivity contribution in [3.63, 3.8) is 0 Å². The molecule has 2 aliphatic carbocycles. The van der Waals surface area contributed by atoms with E-state index in [9.17, 15) is 5.11 Å². The molecular formula is C34H52N2O2. The number of rotatable bonds is 12. The Morgan fingerprint density at radius 2 is 1.97 bits per heavy atom. The van der Waals surface area contributed by atoms with Crippen LogP contribution in [0.2, 0.25) is 0 Å². The fraction of sp³-hybridized carbons (Fsp3) is 0.647. The molecule has 0 radical (unpaired) electrons. The molecule has 3 atom stereocenters. The van der Waals surface area contributed by atoms with Crippen molar-refractivity contribution in [1.82, 2.24) is 10.2 Å². The number of methoxy groups -OCH3 is 1. The first-order valence-electron chi connectivity index (χ1n) is 14.9. The van der Waals surface area contributed by atoms with Gasteiger partial charge in [0.2, 0.25) is 0 Å². The third-order valence-corrected chi connectivity index (χ3v) is 8.52. The third-order valence-electron chi connectivity index (χ3n) is 8.52. The van der Waals surface area contributed by atoms with Gasteiger partial charge in [0.25, 0.3) is 0 Å². The van der Waals surface area contributed by atoms with Crippen LogP contribution in [0, 0.1) is 23.7 Å². The van der Waals surface area contributed by atoms with Gasteiger partial charge < -0.3 is 20.1 Å². The molecule has 0 amide bonds. The average Bonchev–Trinajstić information content (AvgIpc) is 3.62. The standard InChI is InChI=1S/C34H52N2O2/c1-7-15-28(25-38-6)24-35-33(37)32-30(21-14-20-27-18-12-10-11-13-19-27)36(34(5)22-23-34)26(4)31(32)29(16-8-2)17-9-3/h7-8,15,24,27,30,32-33,35,37H,2,4,9-13,16-20,22-23,25H2,1,3,5-6H3/b15-7-,28-24+,31-29+. The molecule has 0 bridgehead atoms. The van der Waals surface area contributed by atoms with Crippen LogP contribution in [0.15, 0.2) is 60.0 Å². The molecule has 0 aromatic rings. The second-order valence-corrected chi connectivity index (χ2v) is 11.7. The molecule has 3 rings (SSSR count). The molecule has 1 aliphatic heterocycles. The SMILES string of the molecule is C=CC/C(CCC)=C1/C(=C)N(C2(C)CC2)C(C#CCC2CCCCCC2)C1C(O)N/C=C(\C=C/C)COC. The Bertz CT molecular complexity index is 951. The predicted molar refractivity (Wildman–Crippen MR) is 160 cm³/mol. The lowest BCUT2D eigenvalue weighted by atomic mass is 9.86. The first-order chi connectivity index (χ1) is 18.4. The van der Waals surface area contributed by atoms with Crippen molar-refractivity contribution in [3.05, 3.63) is 60.0 Å². The largest absolute Gasteiger partial charge is 0.380 e. The van der Waals surface area contributed by atoms with E-state index in [1.807, 2.05) is 31.4 Å². The normalized spacial score (nSPS) is 26.1. The monoisotopic (exact) mass is 520 g/mol. The fourth-order valence-electron chi connectivity index (χ4n) is 6.33. The van der Waals surface area contributed by atoms with Gasteiger partial charge in [-0.25, -0.2) is 0 Å². The topological polar surface area (TPSA) is 44.7 Å². The number of aliphatic hydroxyl groups is 1. The molecule has 0 aromatic heterocycles. The first-order valence-corrected chi connectivity index (χ1v) is 14.9. The Balaban J connectivity index is 2.01. The maximum absolute atomic E-state index is 11.8. The summed E-state index contributed by atoms with van der Waals surface area (Å²) in [5.74, 6) is 7.85. The van der Waals surface area contributed by atoms with Crippen molar-refractivity contribution in [2.24, 2.45) is 11.8 Å². The maximum atomic E-state index is 11.8. The number of nitrogens with one attached hydrogen (secondary N) is 1. The Kier molecular flexibility index (Phi) is 11.8. The van der Waals surface area contributed by atoms with E-state index in [0.717, 1.165) is 49.8 Å². The second-order valence-electron chi connectivity index (χ2n) is 11.7. The molecule has 4 heteroatoms. The molecule has 3 fully saturated rings. The minimum absolute atomic E-state index is 0.0615. The zero-order valence-corrected chi connectivity index (χ0v) is 24.5. The summed E-state index contributed by atoms with van der Waals surface area (Å²) < 4.78 is 5.36. The van der Waals surface area contributed by atoms with Gasteiger partial charge in [-0.2, -0.15) is 0 Å². The molecule has 2 saturated carbocycles. The molecule has 38 heavy (non-hydrogen) atoms. The van der Waals surface area contributed by atoms with Crippen molar-refractivity contribution in [1.29, 1.82) is 0 Å². The van der Waals surface area contributed by atoms with Crippen molar-refractivity contribution in [2.75, 3.05) is 13.7 Å². The van der Waals surface area contributed by atoms with Crippen molar-refractivity contribution in [2.45, 2.75) is 116 Å². The predicted octanol–water partition coefficient (Wildman–Crippen LogP) is 7.40. The molecule has 3 aliphatic rings. The molecule has 0 aromatic carbocycles. The summed E-state index contributed by atoms with van der Waals surface area (Å²) in [6, 6.07) is -0.101. The second kappa shape index (κ2) is 14.8. The molecule has 210 valence electrons. The van der Waals surface area contributed by atoms with Gasteiger partial charge in [-0.3, -0.25) is 0 Å². The van der Waals surface area contributed by atoms with Crippen LogP contribution < -0.4 is 5.32 Å². The molecular weight excluding hydrogens is 468 g/mol. The van der Waals surface area contributed by atoms with Gasteiger partial charge in [-0.05, 0) is 69.4 Å². The number of likely N-dealkylation sites (tertiary alicyclic amines) is 1. The van der Waals surface area contributed by atoms with Crippen LogP contribution in [0.25, 0.3) is 0 Å². The molecule has 3 unspecified atom stereocenters. The summed E-state index contributed by atoms with van der Waals surface area (Å²) >= 11 is 0. The van der Waals surface area contributed by atoms with E-state index >= 15 is 0 Å². The van der Waals surface area contributed by atoms with E-state index in [2.05, 4.69) is 49.1 Å². The van der Waals surface area contributed by atoms with Crippen LogP contribution in [-0.4, -0.2) is 41.5 Å². The maximum Gasteiger partial charge on any atom is 0.134 e. The number of allylic oxidation sites excluding steroid dienone is 4. The van der Waals surface area contributed by atoms with Gasteiger partial charge in [0.1, 0.15) is 12.3 Å². The minimum atomic E-state index is -0.792. The highest BCUT2D eigenvalue weighted by Gasteiger charge is 2.55. The smallest absolute Gasteiger partial charge is 0.134 e. The van der Waals surface area contributed by atoms with E-state index in [1.165, 1.54) is 49.7 Å².